The minimum absolute atomic E-state index is 0.0949. The molecule has 0 radical (unpaired) electrons. The van der Waals surface area contributed by atoms with Gasteiger partial charge in [0.1, 0.15) is 17.4 Å². The van der Waals surface area contributed by atoms with Gasteiger partial charge in [0.25, 0.3) is 23.4 Å². The molecule has 5 rings (SSSR count). The minimum Gasteiger partial charge on any atom is -0.300 e. The molecule has 3 amide bonds. The highest BCUT2D eigenvalue weighted by molar-refractivity contribution is 6.32. The average Bonchev–Trinajstić information content (AvgIpc) is 3.06. The van der Waals surface area contributed by atoms with Crippen molar-refractivity contribution in [2.24, 2.45) is 0 Å². The van der Waals surface area contributed by atoms with Gasteiger partial charge in [-0.2, -0.15) is 0 Å². The number of benzene rings is 3. The Morgan fingerprint density at radius 1 is 0.912 bits per heavy atom. The molecule has 0 spiro atoms. The highest BCUT2D eigenvalue weighted by atomic mass is 35.5. The van der Waals surface area contributed by atoms with E-state index >= 15 is 0 Å². The molecule has 8 nitrogen and oxygen atoms in total. The molecule has 1 fully saturated rings. The zero-order valence-corrected chi connectivity index (χ0v) is 18.3. The lowest BCUT2D eigenvalue weighted by Gasteiger charge is -2.50. The van der Waals surface area contributed by atoms with E-state index in [4.69, 9.17) is 11.6 Å². The molecule has 0 N–H and O–H groups in total. The maximum Gasteiger partial charge on any atom is 0.282 e. The van der Waals surface area contributed by atoms with Crippen LogP contribution in [0, 0.1) is 22.9 Å². The predicted octanol–water partition coefficient (Wildman–Crippen LogP) is 4.45. The first kappa shape index (κ1) is 21.7. The summed E-state index contributed by atoms with van der Waals surface area (Å²) in [5, 5.41) is 11.8. The summed E-state index contributed by atoms with van der Waals surface area (Å²) in [5.74, 6) is -3.06. The molecule has 0 aliphatic carbocycles. The number of carbonyl (C=O) groups excluding carboxylic acids is 3. The monoisotopic (exact) mass is 479 g/mol. The summed E-state index contributed by atoms with van der Waals surface area (Å²) in [6.07, 6.45) is 0. The fraction of sp³-hybridized carbons (Fsp3) is 0.125. The first-order valence-corrected chi connectivity index (χ1v) is 10.6. The molecule has 34 heavy (non-hydrogen) atoms. The number of β-lactam (4-membered cyclic amide) rings is 1. The molecule has 2 heterocycles. The molecule has 2 aliphatic heterocycles. The molecule has 0 saturated carbocycles. The van der Waals surface area contributed by atoms with Crippen LogP contribution in [0.4, 0.5) is 15.8 Å². The highest BCUT2D eigenvalue weighted by Crippen LogP contribution is 2.47. The van der Waals surface area contributed by atoms with E-state index in [1.807, 2.05) is 0 Å². The van der Waals surface area contributed by atoms with Gasteiger partial charge < -0.3 is 0 Å². The van der Waals surface area contributed by atoms with E-state index in [2.05, 4.69) is 0 Å². The predicted molar refractivity (Wildman–Crippen MR) is 120 cm³/mol. The number of rotatable bonds is 4. The van der Waals surface area contributed by atoms with Crippen LogP contribution in [0.15, 0.2) is 60.7 Å². The van der Waals surface area contributed by atoms with Crippen LogP contribution in [0.2, 0.25) is 5.02 Å². The molecule has 3 aromatic carbocycles. The quantitative estimate of drug-likeness (QED) is 0.238. The number of hydrogen-bond acceptors (Lipinski definition) is 5. The van der Waals surface area contributed by atoms with Crippen molar-refractivity contribution in [3.8, 4) is 0 Å². The summed E-state index contributed by atoms with van der Waals surface area (Å²) >= 11 is 6.23. The smallest absolute Gasteiger partial charge is 0.282 e. The first-order valence-electron chi connectivity index (χ1n) is 10.2. The van der Waals surface area contributed by atoms with Crippen LogP contribution in [0.25, 0.3) is 0 Å². The van der Waals surface area contributed by atoms with Gasteiger partial charge in [0.15, 0.2) is 0 Å². The highest BCUT2D eigenvalue weighted by Gasteiger charge is 2.59. The van der Waals surface area contributed by atoms with Crippen molar-refractivity contribution in [1.82, 2.24) is 4.90 Å². The maximum atomic E-state index is 14.9. The Kier molecular flexibility index (Phi) is 4.94. The van der Waals surface area contributed by atoms with Crippen molar-refractivity contribution in [2.75, 3.05) is 4.90 Å². The number of imide groups is 1. The molecule has 0 aromatic heterocycles. The van der Waals surface area contributed by atoms with Crippen molar-refractivity contribution >= 4 is 40.7 Å². The summed E-state index contributed by atoms with van der Waals surface area (Å²) in [6.45, 7) is 1.70. The van der Waals surface area contributed by atoms with Gasteiger partial charge in [-0.1, -0.05) is 41.9 Å². The lowest BCUT2D eigenvalue weighted by molar-refractivity contribution is -0.385. The maximum absolute atomic E-state index is 14.9. The summed E-state index contributed by atoms with van der Waals surface area (Å²) in [7, 11) is 0. The topological polar surface area (TPSA) is 101 Å². The largest absolute Gasteiger partial charge is 0.300 e. The lowest BCUT2D eigenvalue weighted by atomic mass is 9.85. The van der Waals surface area contributed by atoms with E-state index in [0.717, 1.165) is 6.07 Å². The zero-order chi connectivity index (χ0) is 24.3. The van der Waals surface area contributed by atoms with Crippen LogP contribution in [0.3, 0.4) is 0 Å². The van der Waals surface area contributed by atoms with E-state index < -0.39 is 46.2 Å². The second-order valence-corrected chi connectivity index (χ2v) is 8.35. The standard InChI is InChI=1S/C24H15ClFN3O5/c1-12-15(25)8-5-10-17(12)27-20(13-6-2-3-9-16(13)26)21(24(27)32)28-22(30)14-7-4-11-18(29(33)34)19(14)23(28)31/h2-11,20-21H,1H3/t20-,21-/m0/s1. The lowest BCUT2D eigenvalue weighted by Crippen LogP contribution is -2.67. The molecular weight excluding hydrogens is 465 g/mol. The van der Waals surface area contributed by atoms with Crippen molar-refractivity contribution in [2.45, 2.75) is 19.0 Å². The van der Waals surface area contributed by atoms with Crippen LogP contribution in [0.1, 0.15) is 37.9 Å². The Morgan fingerprint density at radius 2 is 1.62 bits per heavy atom. The van der Waals surface area contributed by atoms with Gasteiger partial charge in [-0.25, -0.2) is 4.39 Å². The first-order chi connectivity index (χ1) is 16.2. The third-order valence-electron chi connectivity index (χ3n) is 6.19. The second-order valence-electron chi connectivity index (χ2n) is 7.94. The van der Waals surface area contributed by atoms with Gasteiger partial charge >= 0.3 is 0 Å². The second kappa shape index (κ2) is 7.74. The average molecular weight is 480 g/mol. The van der Waals surface area contributed by atoms with Gasteiger partial charge in [-0.05, 0) is 36.8 Å². The van der Waals surface area contributed by atoms with Crippen LogP contribution in [-0.2, 0) is 4.79 Å². The van der Waals surface area contributed by atoms with E-state index in [1.54, 1.807) is 31.2 Å². The molecule has 1 saturated heterocycles. The normalized spacial score (nSPS) is 19.3. The van der Waals surface area contributed by atoms with E-state index in [-0.39, 0.29) is 16.7 Å². The van der Waals surface area contributed by atoms with Gasteiger partial charge in [0.05, 0.1) is 16.5 Å². The van der Waals surface area contributed by atoms with Gasteiger partial charge in [0.2, 0.25) is 0 Å². The molecule has 170 valence electrons. The molecule has 2 aliphatic rings. The molecule has 2 atom stereocenters. The number of fused-ring (bicyclic) bond motifs is 1. The van der Waals surface area contributed by atoms with Gasteiger partial charge in [0, 0.05) is 22.3 Å². The number of nitrogens with zero attached hydrogens (tertiary/aromatic N) is 3. The summed E-state index contributed by atoms with van der Waals surface area (Å²) < 4.78 is 14.9. The van der Waals surface area contributed by atoms with E-state index in [0.29, 0.717) is 21.2 Å². The Labute approximate surface area is 197 Å². The number of amides is 3. The molecule has 3 aromatic rings. The van der Waals surface area contributed by atoms with Gasteiger partial charge in [-0.3, -0.25) is 34.3 Å². The third-order valence-corrected chi connectivity index (χ3v) is 6.60. The summed E-state index contributed by atoms with van der Waals surface area (Å²) in [4.78, 5) is 52.6. The summed E-state index contributed by atoms with van der Waals surface area (Å²) in [6, 6.07) is 11.9. The van der Waals surface area contributed by atoms with E-state index in [9.17, 15) is 28.9 Å². The fourth-order valence-corrected chi connectivity index (χ4v) is 4.74. The van der Waals surface area contributed by atoms with Crippen LogP contribution in [0.5, 0.6) is 0 Å². The van der Waals surface area contributed by atoms with Crippen molar-refractivity contribution in [1.29, 1.82) is 0 Å². The number of anilines is 1. The molecule has 10 heteroatoms. The SMILES string of the molecule is Cc1c(Cl)cccc1N1C(=O)[C@@H](N2C(=O)c3cccc([N+](=O)[O-])c3C2=O)[C@@H]1c1ccccc1F. The Balaban J connectivity index is 1.65. The third kappa shape index (κ3) is 2.94. The fourth-order valence-electron chi connectivity index (χ4n) is 4.57. The Bertz CT molecular complexity index is 1430. The Hall–Kier alpha value is -4.11. The minimum atomic E-state index is -1.39. The van der Waals surface area contributed by atoms with Crippen LogP contribution < -0.4 is 4.90 Å². The number of carbonyl (C=O) groups is 3. The van der Waals surface area contributed by atoms with Crippen molar-refractivity contribution in [3.05, 3.63) is 104 Å². The van der Waals surface area contributed by atoms with Crippen molar-refractivity contribution in [3.63, 3.8) is 0 Å². The number of nitro groups is 1. The molecule has 0 bridgehead atoms. The van der Waals surface area contributed by atoms with Crippen LogP contribution in [-0.4, -0.2) is 33.6 Å². The Morgan fingerprint density at radius 3 is 2.32 bits per heavy atom. The molecular formula is C24H15ClFN3O5. The van der Waals surface area contributed by atoms with Crippen LogP contribution >= 0.6 is 11.6 Å². The van der Waals surface area contributed by atoms with E-state index in [1.165, 1.54) is 35.2 Å². The zero-order valence-electron chi connectivity index (χ0n) is 17.6. The summed E-state index contributed by atoms with van der Waals surface area (Å²) in [5.41, 5.74) is -0.0147. The number of halogens is 2. The number of nitro benzene ring substituents is 1. The molecule has 0 unspecified atom stereocenters. The van der Waals surface area contributed by atoms with Gasteiger partial charge in [-0.15, -0.1) is 0 Å². The van der Waals surface area contributed by atoms with Crippen molar-refractivity contribution < 1.29 is 23.7 Å². The number of hydrogen-bond donors (Lipinski definition) is 0.